The number of aromatic nitrogens is 3. The Bertz CT molecular complexity index is 665. The maximum Gasteiger partial charge on any atom is 0.137 e. The minimum absolute atomic E-state index is 0.126. The summed E-state index contributed by atoms with van der Waals surface area (Å²) in [4.78, 5) is 11.3. The Hall–Kier alpha value is -1.92. The molecule has 2 saturated heterocycles. The van der Waals surface area contributed by atoms with Gasteiger partial charge in [0.1, 0.15) is 17.7 Å². The second kappa shape index (κ2) is 7.54. The van der Waals surface area contributed by atoms with Gasteiger partial charge in [0.2, 0.25) is 0 Å². The third-order valence-electron chi connectivity index (χ3n) is 5.46. The Labute approximate surface area is 149 Å². The van der Waals surface area contributed by atoms with E-state index in [4.69, 9.17) is 4.74 Å². The molecule has 0 aliphatic carbocycles. The largest absolute Gasteiger partial charge is 0.370 e. The normalized spacial score (nSPS) is 24.8. The Balaban J connectivity index is 1.27. The lowest BCUT2D eigenvalue weighted by molar-refractivity contribution is 0.0802. The molecule has 0 spiro atoms. The minimum atomic E-state index is 0.126. The molecule has 0 saturated carbocycles. The molecule has 1 N–H and O–H groups in total. The molecule has 25 heavy (non-hydrogen) atoms. The highest BCUT2D eigenvalue weighted by atomic mass is 16.5. The van der Waals surface area contributed by atoms with Gasteiger partial charge in [0.15, 0.2) is 0 Å². The quantitative estimate of drug-likeness (QED) is 0.903. The molecule has 0 bridgehead atoms. The smallest absolute Gasteiger partial charge is 0.137 e. The van der Waals surface area contributed by atoms with E-state index in [1.807, 2.05) is 31.7 Å². The number of piperidine rings is 1. The second-order valence-electron chi connectivity index (χ2n) is 7.09. The highest BCUT2D eigenvalue weighted by Crippen LogP contribution is 2.33. The molecule has 6 heteroatoms. The molecule has 2 aliphatic heterocycles. The van der Waals surface area contributed by atoms with E-state index >= 15 is 0 Å². The van der Waals surface area contributed by atoms with Crippen LogP contribution >= 0.6 is 0 Å². The lowest BCUT2D eigenvalue weighted by Gasteiger charge is -2.34. The Kier molecular flexibility index (Phi) is 4.99. The number of hydrogen-bond acceptors (Lipinski definition) is 5. The molecule has 2 fully saturated rings. The molecular weight excluding hydrogens is 314 g/mol. The fourth-order valence-corrected chi connectivity index (χ4v) is 3.95. The zero-order chi connectivity index (χ0) is 17.1. The summed E-state index contributed by atoms with van der Waals surface area (Å²) in [6, 6.07) is 6.72. The molecule has 0 unspecified atom stereocenters. The Morgan fingerprint density at radius 2 is 2.04 bits per heavy atom. The lowest BCUT2D eigenvalue weighted by Crippen LogP contribution is -2.44. The van der Waals surface area contributed by atoms with Gasteiger partial charge in [0.05, 0.1) is 0 Å². The van der Waals surface area contributed by atoms with Gasteiger partial charge in [-0.3, -0.25) is 0 Å². The maximum atomic E-state index is 5.97. The number of ether oxygens (including phenoxy) is 1. The van der Waals surface area contributed by atoms with E-state index in [-0.39, 0.29) is 6.10 Å². The standard InChI is InChI=1S/C19H27N5O/c1-23-12-9-21-19(23)18-15(7-13-25-18)14-22-16-5-10-24(11-6-16)17-4-2-3-8-20-17/h2-4,8-9,12,15-16,18,22H,5-7,10-11,13-14H2,1H3/t15-,18+/m0/s1. The zero-order valence-electron chi connectivity index (χ0n) is 14.8. The second-order valence-corrected chi connectivity index (χ2v) is 7.09. The lowest BCUT2D eigenvalue weighted by atomic mass is 9.98. The molecule has 2 atom stereocenters. The highest BCUT2D eigenvalue weighted by Gasteiger charge is 2.33. The summed E-state index contributed by atoms with van der Waals surface area (Å²) in [6.07, 6.45) is 9.29. The van der Waals surface area contributed by atoms with Crippen LogP contribution < -0.4 is 10.2 Å². The molecule has 6 nitrogen and oxygen atoms in total. The van der Waals surface area contributed by atoms with Gasteiger partial charge in [-0.15, -0.1) is 0 Å². The minimum Gasteiger partial charge on any atom is -0.370 e. The number of hydrogen-bond donors (Lipinski definition) is 1. The number of nitrogens with one attached hydrogen (secondary N) is 1. The predicted molar refractivity (Wildman–Crippen MR) is 97.5 cm³/mol. The first kappa shape index (κ1) is 16.5. The molecule has 4 heterocycles. The summed E-state index contributed by atoms with van der Waals surface area (Å²) >= 11 is 0. The van der Waals surface area contributed by atoms with Gasteiger partial charge in [-0.2, -0.15) is 0 Å². The average Bonchev–Trinajstić information content (AvgIpc) is 3.29. The van der Waals surface area contributed by atoms with E-state index in [1.54, 1.807) is 0 Å². The van der Waals surface area contributed by atoms with Crippen LogP contribution in [0.3, 0.4) is 0 Å². The van der Waals surface area contributed by atoms with Gasteiger partial charge >= 0.3 is 0 Å². The van der Waals surface area contributed by atoms with Crippen molar-refractivity contribution < 1.29 is 4.74 Å². The van der Waals surface area contributed by atoms with E-state index in [1.165, 1.54) is 0 Å². The van der Waals surface area contributed by atoms with Gasteiger partial charge in [0.25, 0.3) is 0 Å². The molecule has 2 aromatic heterocycles. The van der Waals surface area contributed by atoms with Crippen LogP contribution in [0.4, 0.5) is 5.82 Å². The van der Waals surface area contributed by atoms with Crippen molar-refractivity contribution in [3.05, 3.63) is 42.6 Å². The van der Waals surface area contributed by atoms with E-state index in [9.17, 15) is 0 Å². The van der Waals surface area contributed by atoms with E-state index < -0.39 is 0 Å². The van der Waals surface area contributed by atoms with E-state index in [0.29, 0.717) is 12.0 Å². The van der Waals surface area contributed by atoms with Crippen molar-refractivity contribution in [2.24, 2.45) is 13.0 Å². The number of aryl methyl sites for hydroxylation is 1. The van der Waals surface area contributed by atoms with Crippen molar-refractivity contribution in [1.29, 1.82) is 0 Å². The fourth-order valence-electron chi connectivity index (χ4n) is 3.95. The first-order valence-corrected chi connectivity index (χ1v) is 9.29. The van der Waals surface area contributed by atoms with Crippen LogP contribution in [0, 0.1) is 5.92 Å². The highest BCUT2D eigenvalue weighted by molar-refractivity contribution is 5.38. The Morgan fingerprint density at radius 3 is 2.76 bits per heavy atom. The molecular formula is C19H27N5O. The number of rotatable bonds is 5. The van der Waals surface area contributed by atoms with Crippen LogP contribution in [0.1, 0.15) is 31.2 Å². The third-order valence-corrected chi connectivity index (χ3v) is 5.46. The topological polar surface area (TPSA) is 55.2 Å². The van der Waals surface area contributed by atoms with Gasteiger partial charge in [-0.1, -0.05) is 6.07 Å². The average molecular weight is 341 g/mol. The third kappa shape index (κ3) is 3.70. The number of anilines is 1. The van der Waals surface area contributed by atoms with Crippen LogP contribution in [-0.4, -0.2) is 46.8 Å². The number of nitrogens with zero attached hydrogens (tertiary/aromatic N) is 4. The van der Waals surface area contributed by atoms with Gasteiger partial charge in [0, 0.05) is 63.8 Å². The van der Waals surface area contributed by atoms with Crippen LogP contribution in [0.25, 0.3) is 0 Å². The van der Waals surface area contributed by atoms with E-state index in [0.717, 1.165) is 57.1 Å². The van der Waals surface area contributed by atoms with E-state index in [2.05, 4.69) is 36.9 Å². The van der Waals surface area contributed by atoms with Gasteiger partial charge in [-0.25, -0.2) is 9.97 Å². The SMILES string of the molecule is Cn1ccnc1[C@@H]1OCC[C@H]1CNC1CCN(c2ccccn2)CC1. The van der Waals surface area contributed by atoms with Gasteiger partial charge in [-0.05, 0) is 31.4 Å². The summed E-state index contributed by atoms with van der Waals surface area (Å²) in [6.45, 7) is 3.98. The zero-order valence-corrected chi connectivity index (χ0v) is 14.8. The predicted octanol–water partition coefficient (Wildman–Crippen LogP) is 2.15. The van der Waals surface area contributed by atoms with Crippen molar-refractivity contribution in [2.75, 3.05) is 31.1 Å². The first-order valence-electron chi connectivity index (χ1n) is 9.29. The maximum absolute atomic E-state index is 5.97. The van der Waals surface area contributed by atoms with Crippen molar-refractivity contribution in [3.8, 4) is 0 Å². The summed E-state index contributed by atoms with van der Waals surface area (Å²) in [5.41, 5.74) is 0. The summed E-state index contributed by atoms with van der Waals surface area (Å²) in [7, 11) is 2.04. The molecule has 0 amide bonds. The van der Waals surface area contributed by atoms with Crippen molar-refractivity contribution in [1.82, 2.24) is 19.9 Å². The fraction of sp³-hybridized carbons (Fsp3) is 0.579. The van der Waals surface area contributed by atoms with Crippen LogP contribution in [0.2, 0.25) is 0 Å². The van der Waals surface area contributed by atoms with Crippen LogP contribution in [0.15, 0.2) is 36.8 Å². The number of imidazole rings is 1. The first-order chi connectivity index (χ1) is 12.3. The summed E-state index contributed by atoms with van der Waals surface area (Å²) in [5, 5.41) is 3.78. The van der Waals surface area contributed by atoms with Crippen molar-refractivity contribution in [2.45, 2.75) is 31.4 Å². The summed E-state index contributed by atoms with van der Waals surface area (Å²) < 4.78 is 8.04. The van der Waals surface area contributed by atoms with Crippen molar-refractivity contribution >= 4 is 5.82 Å². The number of pyridine rings is 1. The van der Waals surface area contributed by atoms with Crippen LogP contribution in [-0.2, 0) is 11.8 Å². The molecule has 0 aromatic carbocycles. The molecule has 2 aliphatic rings. The van der Waals surface area contributed by atoms with Crippen LogP contribution in [0.5, 0.6) is 0 Å². The van der Waals surface area contributed by atoms with Gasteiger partial charge < -0.3 is 19.5 Å². The molecule has 2 aromatic rings. The molecule has 0 radical (unpaired) electrons. The monoisotopic (exact) mass is 341 g/mol. The molecule has 134 valence electrons. The Morgan fingerprint density at radius 1 is 1.16 bits per heavy atom. The summed E-state index contributed by atoms with van der Waals surface area (Å²) in [5.74, 6) is 2.66. The molecule has 4 rings (SSSR count). The van der Waals surface area contributed by atoms with Crippen molar-refractivity contribution in [3.63, 3.8) is 0 Å².